The van der Waals surface area contributed by atoms with Gasteiger partial charge in [0, 0.05) is 23.1 Å². The van der Waals surface area contributed by atoms with Crippen LogP contribution in [0.15, 0.2) is 36.5 Å². The van der Waals surface area contributed by atoms with Gasteiger partial charge in [-0.25, -0.2) is 14.8 Å². The molecule has 0 fully saturated rings. The minimum absolute atomic E-state index is 0.209. The SMILES string of the molecule is COC(=O)c1ccc2c(n1)-c1sc(-c3cccnc3F)cc1CCO2. The summed E-state index contributed by atoms with van der Waals surface area (Å²) in [5, 5.41) is 0. The van der Waals surface area contributed by atoms with Crippen molar-refractivity contribution in [1.29, 1.82) is 0 Å². The largest absolute Gasteiger partial charge is 0.491 e. The van der Waals surface area contributed by atoms with Gasteiger partial charge < -0.3 is 9.47 Å². The highest BCUT2D eigenvalue weighted by Gasteiger charge is 2.23. The second kappa shape index (κ2) is 6.25. The van der Waals surface area contributed by atoms with E-state index >= 15 is 0 Å². The summed E-state index contributed by atoms with van der Waals surface area (Å²) in [4.78, 5) is 21.6. The molecule has 0 saturated heterocycles. The maximum atomic E-state index is 14.0. The minimum atomic E-state index is -0.510. The van der Waals surface area contributed by atoms with E-state index in [4.69, 9.17) is 9.47 Å². The molecule has 5 nitrogen and oxygen atoms in total. The van der Waals surface area contributed by atoms with E-state index in [9.17, 15) is 9.18 Å². The van der Waals surface area contributed by atoms with Crippen molar-refractivity contribution >= 4 is 17.3 Å². The number of hydrogen-bond donors (Lipinski definition) is 0. The Morgan fingerprint density at radius 3 is 3.04 bits per heavy atom. The van der Waals surface area contributed by atoms with Crippen molar-refractivity contribution in [2.45, 2.75) is 6.42 Å². The minimum Gasteiger partial charge on any atom is -0.491 e. The lowest BCUT2D eigenvalue weighted by atomic mass is 10.1. The molecule has 0 spiro atoms. The Morgan fingerprint density at radius 1 is 1.36 bits per heavy atom. The number of thiophene rings is 1. The Balaban J connectivity index is 1.87. The molecule has 3 aromatic rings. The predicted octanol–water partition coefficient (Wildman–Crippen LogP) is 3.73. The smallest absolute Gasteiger partial charge is 0.356 e. The van der Waals surface area contributed by atoms with Crippen LogP contribution in [0.3, 0.4) is 0 Å². The van der Waals surface area contributed by atoms with Gasteiger partial charge in [-0.05, 0) is 35.9 Å². The number of aromatic nitrogens is 2. The van der Waals surface area contributed by atoms with Gasteiger partial charge in [0.15, 0.2) is 0 Å². The lowest BCUT2D eigenvalue weighted by Crippen LogP contribution is -2.05. The number of carbonyl (C=O) groups excluding carboxylic acids is 1. The molecule has 0 bridgehead atoms. The zero-order chi connectivity index (χ0) is 17.4. The summed E-state index contributed by atoms with van der Waals surface area (Å²) in [6, 6.07) is 8.63. The summed E-state index contributed by atoms with van der Waals surface area (Å²) in [6.45, 7) is 0.491. The van der Waals surface area contributed by atoms with Crippen molar-refractivity contribution < 1.29 is 18.7 Å². The van der Waals surface area contributed by atoms with Gasteiger partial charge in [-0.1, -0.05) is 0 Å². The summed E-state index contributed by atoms with van der Waals surface area (Å²) < 4.78 is 24.5. The quantitative estimate of drug-likeness (QED) is 0.517. The van der Waals surface area contributed by atoms with E-state index < -0.39 is 11.9 Å². The van der Waals surface area contributed by atoms with E-state index in [2.05, 4.69) is 9.97 Å². The summed E-state index contributed by atoms with van der Waals surface area (Å²) in [5.74, 6) is -0.415. The molecule has 7 heteroatoms. The summed E-state index contributed by atoms with van der Waals surface area (Å²) in [6.07, 6.45) is 2.10. The second-order valence-electron chi connectivity index (χ2n) is 5.44. The van der Waals surface area contributed by atoms with Crippen molar-refractivity contribution in [2.75, 3.05) is 13.7 Å². The third-order valence-electron chi connectivity index (χ3n) is 3.93. The Labute approximate surface area is 147 Å². The van der Waals surface area contributed by atoms with Crippen LogP contribution in [0, 0.1) is 5.95 Å². The number of halogens is 1. The number of ether oxygens (including phenoxy) is 2. The molecule has 0 N–H and O–H groups in total. The lowest BCUT2D eigenvalue weighted by Gasteiger charge is -2.07. The zero-order valence-electron chi connectivity index (χ0n) is 13.3. The van der Waals surface area contributed by atoms with Crippen molar-refractivity contribution in [3.05, 3.63) is 53.7 Å². The monoisotopic (exact) mass is 356 g/mol. The number of esters is 1. The van der Waals surface area contributed by atoms with Crippen LogP contribution >= 0.6 is 11.3 Å². The molecule has 0 saturated carbocycles. The average Bonchev–Trinajstić information content (AvgIpc) is 2.98. The van der Waals surface area contributed by atoms with Crippen molar-refractivity contribution in [2.24, 2.45) is 0 Å². The second-order valence-corrected chi connectivity index (χ2v) is 6.49. The molecule has 0 atom stereocenters. The summed E-state index contributed by atoms with van der Waals surface area (Å²) >= 11 is 1.41. The fourth-order valence-corrected chi connectivity index (χ4v) is 3.95. The molecular formula is C18H13FN2O3S. The molecule has 0 aromatic carbocycles. The molecule has 4 rings (SSSR count). The number of methoxy groups -OCH3 is 1. The first-order valence-corrected chi connectivity index (χ1v) is 8.45. The van der Waals surface area contributed by atoms with Crippen LogP contribution in [-0.4, -0.2) is 29.7 Å². The Kier molecular flexibility index (Phi) is 3.93. The molecule has 1 aliphatic rings. The molecule has 0 unspecified atom stereocenters. The van der Waals surface area contributed by atoms with Gasteiger partial charge in [0.1, 0.15) is 17.1 Å². The van der Waals surface area contributed by atoms with Crippen LogP contribution in [-0.2, 0) is 11.2 Å². The van der Waals surface area contributed by atoms with E-state index in [1.807, 2.05) is 6.07 Å². The van der Waals surface area contributed by atoms with Gasteiger partial charge in [-0.2, -0.15) is 4.39 Å². The fourth-order valence-electron chi connectivity index (χ4n) is 2.73. The summed E-state index contributed by atoms with van der Waals surface area (Å²) in [7, 11) is 1.31. The third kappa shape index (κ3) is 2.76. The molecule has 25 heavy (non-hydrogen) atoms. The molecular weight excluding hydrogens is 343 g/mol. The van der Waals surface area contributed by atoms with Crippen molar-refractivity contribution in [1.82, 2.24) is 9.97 Å². The number of fused-ring (bicyclic) bond motifs is 3. The van der Waals surface area contributed by atoms with E-state index in [1.54, 1.807) is 24.3 Å². The van der Waals surface area contributed by atoms with E-state index in [0.29, 0.717) is 30.0 Å². The van der Waals surface area contributed by atoms with Gasteiger partial charge in [0.25, 0.3) is 0 Å². The van der Waals surface area contributed by atoms with Crippen molar-refractivity contribution in [3.8, 4) is 26.8 Å². The standard InChI is InChI=1S/C18H13FN2O3S/c1-23-18(22)12-4-5-13-15(21-12)16-10(6-8-24-13)9-14(25-16)11-3-2-7-20-17(11)19/h2-5,7,9H,6,8H2,1H3. The van der Waals surface area contributed by atoms with E-state index in [-0.39, 0.29) is 5.69 Å². The van der Waals surface area contributed by atoms with Gasteiger partial charge in [0.2, 0.25) is 5.95 Å². The number of nitrogens with zero attached hydrogens (tertiary/aromatic N) is 2. The maximum Gasteiger partial charge on any atom is 0.356 e. The van der Waals surface area contributed by atoms with E-state index in [0.717, 1.165) is 15.3 Å². The molecule has 0 amide bonds. The highest BCUT2D eigenvalue weighted by Crippen LogP contribution is 2.43. The average molecular weight is 356 g/mol. The zero-order valence-corrected chi connectivity index (χ0v) is 14.1. The molecule has 3 aromatic heterocycles. The van der Waals surface area contributed by atoms with E-state index in [1.165, 1.54) is 24.6 Å². The van der Waals surface area contributed by atoms with Gasteiger partial charge in [-0.15, -0.1) is 11.3 Å². The van der Waals surface area contributed by atoms with Crippen LogP contribution in [0.1, 0.15) is 16.1 Å². The van der Waals surface area contributed by atoms with Crippen LogP contribution < -0.4 is 4.74 Å². The van der Waals surface area contributed by atoms with Gasteiger partial charge in [0.05, 0.1) is 18.6 Å². The first-order valence-electron chi connectivity index (χ1n) is 7.63. The number of pyridine rings is 2. The molecule has 0 aliphatic carbocycles. The van der Waals surface area contributed by atoms with Crippen LogP contribution in [0.2, 0.25) is 0 Å². The van der Waals surface area contributed by atoms with Crippen molar-refractivity contribution in [3.63, 3.8) is 0 Å². The first kappa shape index (κ1) is 15.7. The molecule has 126 valence electrons. The molecule has 0 radical (unpaired) electrons. The number of carbonyl (C=O) groups is 1. The van der Waals surface area contributed by atoms with Crippen LogP contribution in [0.5, 0.6) is 5.75 Å². The third-order valence-corrected chi connectivity index (χ3v) is 5.15. The lowest BCUT2D eigenvalue weighted by molar-refractivity contribution is 0.0594. The number of hydrogen-bond acceptors (Lipinski definition) is 6. The summed E-state index contributed by atoms with van der Waals surface area (Å²) in [5.41, 5.74) is 2.25. The Bertz CT molecular complexity index is 971. The van der Waals surface area contributed by atoms with Crippen LogP contribution in [0.25, 0.3) is 21.0 Å². The topological polar surface area (TPSA) is 61.3 Å². The molecule has 1 aliphatic heterocycles. The maximum absolute atomic E-state index is 14.0. The highest BCUT2D eigenvalue weighted by molar-refractivity contribution is 7.19. The van der Waals surface area contributed by atoms with Crippen LogP contribution in [0.4, 0.5) is 4.39 Å². The Morgan fingerprint density at radius 2 is 2.24 bits per heavy atom. The van der Waals surface area contributed by atoms with Gasteiger partial charge in [-0.3, -0.25) is 0 Å². The Hall–Kier alpha value is -2.80. The molecule has 4 heterocycles. The first-order chi connectivity index (χ1) is 12.2. The number of rotatable bonds is 2. The normalized spacial score (nSPS) is 12.6. The fraction of sp³-hybridized carbons (Fsp3) is 0.167. The predicted molar refractivity (Wildman–Crippen MR) is 91.3 cm³/mol. The highest BCUT2D eigenvalue weighted by atomic mass is 32.1. The van der Waals surface area contributed by atoms with Gasteiger partial charge >= 0.3 is 5.97 Å².